The molecule has 3 heterocycles. The number of hydrogen-bond acceptors (Lipinski definition) is 8. The molecule has 2 atom stereocenters. The molecule has 1 aromatic heterocycles. The minimum atomic E-state index is -5.07. The van der Waals surface area contributed by atoms with Crippen LogP contribution in [-0.2, 0) is 14.7 Å². The number of aromatic nitrogens is 1. The van der Waals surface area contributed by atoms with Crippen LogP contribution in [0.2, 0.25) is 0 Å². The fourth-order valence-corrected chi connectivity index (χ4v) is 3.29. The second kappa shape index (κ2) is 7.98. The van der Waals surface area contributed by atoms with E-state index in [0.717, 1.165) is 0 Å². The van der Waals surface area contributed by atoms with E-state index < -0.39 is 34.4 Å². The topological polar surface area (TPSA) is 156 Å². The molecule has 0 aromatic carbocycles. The van der Waals surface area contributed by atoms with Crippen molar-refractivity contribution in [2.75, 3.05) is 6.54 Å². The molecule has 2 bridgehead atoms. The van der Waals surface area contributed by atoms with E-state index in [4.69, 9.17) is 5.41 Å². The van der Waals surface area contributed by atoms with Crippen LogP contribution in [-0.4, -0.2) is 64.3 Å². The van der Waals surface area contributed by atoms with Gasteiger partial charge in [0.2, 0.25) is 10.4 Å². The van der Waals surface area contributed by atoms with Gasteiger partial charge in [-0.05, 0) is 25.0 Å². The monoisotopic (exact) mass is 391 g/mol. The molecule has 3 rings (SSSR count). The van der Waals surface area contributed by atoms with Crippen LogP contribution in [0.15, 0.2) is 24.5 Å². The van der Waals surface area contributed by atoms with Gasteiger partial charge in [-0.15, -0.1) is 0 Å². The van der Waals surface area contributed by atoms with E-state index in [0.29, 0.717) is 17.9 Å². The van der Waals surface area contributed by atoms with Gasteiger partial charge in [-0.2, -0.15) is 9.35 Å². The van der Waals surface area contributed by atoms with Crippen molar-refractivity contribution in [1.82, 2.24) is 20.3 Å². The molecule has 1 aromatic rings. The van der Waals surface area contributed by atoms with Gasteiger partial charge in [-0.1, -0.05) is 0 Å². The number of urea groups is 1. The molecular weight excluding hydrogens is 377 g/mol. The fourth-order valence-electron chi connectivity index (χ4n) is 2.90. The first kappa shape index (κ1) is 20.7. The quantitative estimate of drug-likeness (QED) is 0.177. The molecule has 0 radical (unpaired) electrons. The molecule has 13 heteroatoms. The van der Waals surface area contributed by atoms with Gasteiger partial charge in [0.15, 0.2) is 0 Å². The number of nitrogens with one attached hydrogen (secondary N) is 2. The van der Waals surface area contributed by atoms with Crippen molar-refractivity contribution in [2.45, 2.75) is 24.9 Å². The summed E-state index contributed by atoms with van der Waals surface area (Å²) in [5.74, 6) is -0.741. The molecular formula is C13H14N5NaO6S. The molecule has 2 aliphatic rings. The molecule has 2 saturated heterocycles. The maximum atomic E-state index is 12.2. The zero-order valence-electron chi connectivity index (χ0n) is 13.8. The van der Waals surface area contributed by atoms with Gasteiger partial charge in [0.1, 0.15) is 5.84 Å². The van der Waals surface area contributed by atoms with Gasteiger partial charge >= 0.3 is 35.6 Å². The molecule has 2 fully saturated rings. The summed E-state index contributed by atoms with van der Waals surface area (Å²) in [7, 11) is -5.07. The smallest absolute Gasteiger partial charge is 0.724 e. The number of rotatable bonds is 4. The Morgan fingerprint density at radius 2 is 2.15 bits per heavy atom. The molecule has 134 valence electrons. The Morgan fingerprint density at radius 1 is 1.42 bits per heavy atom. The predicted octanol–water partition coefficient (Wildman–Crippen LogP) is -3.55. The Balaban J connectivity index is 0.00000243. The Labute approximate surface area is 171 Å². The van der Waals surface area contributed by atoms with Crippen molar-refractivity contribution >= 4 is 28.2 Å². The minimum absolute atomic E-state index is 0. The summed E-state index contributed by atoms with van der Waals surface area (Å²) in [5.41, 5.74) is 0.260. The number of piperidine rings is 1. The average Bonchev–Trinajstić information content (AvgIpc) is 2.79. The summed E-state index contributed by atoms with van der Waals surface area (Å²) in [4.78, 5) is 29.3. The van der Waals surface area contributed by atoms with E-state index >= 15 is 0 Å². The number of pyridine rings is 1. The Hall–Kier alpha value is -1.57. The van der Waals surface area contributed by atoms with Crippen LogP contribution in [0.25, 0.3) is 0 Å². The Kier molecular flexibility index (Phi) is 6.37. The summed E-state index contributed by atoms with van der Waals surface area (Å²) in [6.45, 7) is 0.101. The molecule has 2 aliphatic heterocycles. The van der Waals surface area contributed by atoms with Gasteiger partial charge in [0.05, 0.1) is 17.6 Å². The van der Waals surface area contributed by atoms with Gasteiger partial charge < -0.3 is 14.8 Å². The maximum Gasteiger partial charge on any atom is 1.00 e. The minimum Gasteiger partial charge on any atom is -0.724 e. The summed E-state index contributed by atoms with van der Waals surface area (Å²) >= 11 is 0. The van der Waals surface area contributed by atoms with E-state index in [2.05, 4.69) is 14.6 Å². The van der Waals surface area contributed by atoms with Gasteiger partial charge in [-0.3, -0.25) is 15.2 Å². The molecule has 0 spiro atoms. The standard InChI is InChI=1S/C13H15N5O6S.Na/c14-11(16-12(19)8-2-1-5-15-6-8)10-4-3-9-7-17(10)13(20)18(9)24-25(21,22)23;/h1-2,5-6,9-10H,3-4,7H2,(H2,14,16,19)(H,21,22,23);/q;+1/p-1/t9-,10+;/m1./s1. The third-order valence-electron chi connectivity index (χ3n) is 4.00. The van der Waals surface area contributed by atoms with Crippen LogP contribution >= 0.6 is 0 Å². The van der Waals surface area contributed by atoms with Crippen molar-refractivity contribution in [3.8, 4) is 0 Å². The van der Waals surface area contributed by atoms with E-state index in [1.165, 1.54) is 23.4 Å². The number of nitrogens with zero attached hydrogens (tertiary/aromatic N) is 3. The van der Waals surface area contributed by atoms with Crippen molar-refractivity contribution in [2.24, 2.45) is 0 Å². The first-order chi connectivity index (χ1) is 11.8. The number of hydroxylamine groups is 2. The van der Waals surface area contributed by atoms with Crippen LogP contribution < -0.4 is 34.9 Å². The first-order valence-electron chi connectivity index (χ1n) is 7.31. The molecule has 0 unspecified atom stereocenters. The van der Waals surface area contributed by atoms with Gasteiger partial charge in [0, 0.05) is 18.9 Å². The first-order valence-corrected chi connectivity index (χ1v) is 8.64. The van der Waals surface area contributed by atoms with E-state index in [1.807, 2.05) is 0 Å². The fraction of sp³-hybridized carbons (Fsp3) is 0.385. The summed E-state index contributed by atoms with van der Waals surface area (Å²) < 4.78 is 36.4. The van der Waals surface area contributed by atoms with Crippen molar-refractivity contribution in [3.63, 3.8) is 0 Å². The SMILES string of the molecule is N=C(NC(=O)c1cccnc1)[C@@H]1CC[C@@H]2CN1C(=O)N2OS(=O)(=O)[O-].[Na+]. The Bertz CT molecular complexity index is 820. The zero-order chi connectivity index (χ0) is 18.2. The third kappa shape index (κ3) is 4.39. The number of amidine groups is 1. The van der Waals surface area contributed by atoms with Gasteiger partial charge in [0.25, 0.3) is 5.91 Å². The Morgan fingerprint density at radius 3 is 2.77 bits per heavy atom. The maximum absolute atomic E-state index is 12.2. The van der Waals surface area contributed by atoms with Crippen LogP contribution in [0.3, 0.4) is 0 Å². The normalized spacial score (nSPS) is 22.0. The number of carbonyl (C=O) groups excluding carboxylic acids is 2. The van der Waals surface area contributed by atoms with Crippen LogP contribution in [0.5, 0.6) is 0 Å². The number of amides is 3. The van der Waals surface area contributed by atoms with Crippen molar-refractivity contribution in [3.05, 3.63) is 30.1 Å². The van der Waals surface area contributed by atoms with Crippen LogP contribution in [0.4, 0.5) is 4.79 Å². The molecule has 11 nitrogen and oxygen atoms in total. The average molecular weight is 391 g/mol. The van der Waals surface area contributed by atoms with Crippen molar-refractivity contribution in [1.29, 1.82) is 5.41 Å². The van der Waals surface area contributed by atoms with E-state index in [9.17, 15) is 22.6 Å². The summed E-state index contributed by atoms with van der Waals surface area (Å²) in [6, 6.07) is 0.947. The van der Waals surface area contributed by atoms with Crippen molar-refractivity contribution < 1.29 is 56.4 Å². The van der Waals surface area contributed by atoms with Crippen LogP contribution in [0, 0.1) is 5.41 Å². The molecule has 0 aliphatic carbocycles. The number of fused-ring (bicyclic) bond motifs is 2. The molecule has 0 saturated carbocycles. The van der Waals surface area contributed by atoms with Crippen LogP contribution in [0.1, 0.15) is 23.2 Å². The van der Waals surface area contributed by atoms with Gasteiger partial charge in [-0.25, -0.2) is 13.2 Å². The van der Waals surface area contributed by atoms with E-state index in [1.54, 1.807) is 6.07 Å². The second-order valence-electron chi connectivity index (χ2n) is 5.60. The molecule has 26 heavy (non-hydrogen) atoms. The molecule has 3 amide bonds. The largest absolute Gasteiger partial charge is 1.00 e. The third-order valence-corrected chi connectivity index (χ3v) is 4.34. The summed E-state index contributed by atoms with van der Waals surface area (Å²) in [6.07, 6.45) is 3.50. The molecule has 2 N–H and O–H groups in total. The summed E-state index contributed by atoms with van der Waals surface area (Å²) in [5, 5.41) is 11.0. The van der Waals surface area contributed by atoms with E-state index in [-0.39, 0.29) is 47.5 Å². The second-order valence-corrected chi connectivity index (χ2v) is 6.57. The number of hydrogen-bond donors (Lipinski definition) is 2. The number of carbonyl (C=O) groups is 2. The predicted molar refractivity (Wildman–Crippen MR) is 81.0 cm³/mol. The zero-order valence-corrected chi connectivity index (χ0v) is 16.6.